The number of hydrogen-bond acceptors (Lipinski definition) is 2. The van der Waals surface area contributed by atoms with Crippen molar-refractivity contribution in [1.82, 2.24) is 5.32 Å². The fourth-order valence-corrected chi connectivity index (χ4v) is 2.74. The SMILES string of the molecule is CCc1ccc(CNCc2sccc2Cl)cc1. The van der Waals surface area contributed by atoms with Crippen LogP contribution in [-0.4, -0.2) is 0 Å². The van der Waals surface area contributed by atoms with Gasteiger partial charge in [0.2, 0.25) is 0 Å². The Morgan fingerprint density at radius 1 is 1.06 bits per heavy atom. The molecule has 1 aromatic carbocycles. The highest BCUT2D eigenvalue weighted by Crippen LogP contribution is 2.21. The predicted octanol–water partition coefficient (Wildman–Crippen LogP) is 4.25. The van der Waals surface area contributed by atoms with E-state index >= 15 is 0 Å². The minimum Gasteiger partial charge on any atom is -0.308 e. The summed E-state index contributed by atoms with van der Waals surface area (Å²) in [5, 5.41) is 6.30. The van der Waals surface area contributed by atoms with Gasteiger partial charge in [-0.3, -0.25) is 0 Å². The van der Waals surface area contributed by atoms with Crippen molar-refractivity contribution >= 4 is 22.9 Å². The maximum atomic E-state index is 6.03. The maximum Gasteiger partial charge on any atom is 0.0558 e. The Hall–Kier alpha value is -0.830. The first-order valence-corrected chi connectivity index (χ1v) is 7.05. The monoisotopic (exact) mass is 265 g/mol. The van der Waals surface area contributed by atoms with Crippen molar-refractivity contribution in [3.8, 4) is 0 Å². The van der Waals surface area contributed by atoms with Gasteiger partial charge in [-0.15, -0.1) is 11.3 Å². The number of nitrogens with one attached hydrogen (secondary N) is 1. The Kier molecular flexibility index (Phi) is 4.60. The first-order valence-electron chi connectivity index (χ1n) is 5.80. The zero-order chi connectivity index (χ0) is 12.1. The van der Waals surface area contributed by atoms with Gasteiger partial charge in [0.1, 0.15) is 0 Å². The van der Waals surface area contributed by atoms with Crippen molar-refractivity contribution in [2.45, 2.75) is 26.4 Å². The van der Waals surface area contributed by atoms with Crippen LogP contribution in [-0.2, 0) is 19.5 Å². The van der Waals surface area contributed by atoms with Crippen molar-refractivity contribution in [3.63, 3.8) is 0 Å². The lowest BCUT2D eigenvalue weighted by atomic mass is 10.1. The Labute approximate surface area is 111 Å². The minimum atomic E-state index is 0.839. The van der Waals surface area contributed by atoms with Crippen LogP contribution in [0.25, 0.3) is 0 Å². The average Bonchev–Trinajstić information content (AvgIpc) is 2.76. The van der Waals surface area contributed by atoms with Crippen LogP contribution in [0.1, 0.15) is 22.9 Å². The highest BCUT2D eigenvalue weighted by molar-refractivity contribution is 7.10. The third kappa shape index (κ3) is 3.56. The fraction of sp³-hybridized carbons (Fsp3) is 0.286. The van der Waals surface area contributed by atoms with E-state index in [1.165, 1.54) is 16.0 Å². The van der Waals surface area contributed by atoms with Gasteiger partial charge in [0.25, 0.3) is 0 Å². The summed E-state index contributed by atoms with van der Waals surface area (Å²) in [6, 6.07) is 10.7. The van der Waals surface area contributed by atoms with Gasteiger partial charge in [-0.1, -0.05) is 42.8 Å². The lowest BCUT2D eigenvalue weighted by Crippen LogP contribution is -2.11. The molecule has 0 aliphatic heterocycles. The molecule has 0 aliphatic rings. The number of hydrogen-bond donors (Lipinski definition) is 1. The van der Waals surface area contributed by atoms with Crippen LogP contribution in [0.4, 0.5) is 0 Å². The summed E-state index contributed by atoms with van der Waals surface area (Å²) in [4.78, 5) is 1.21. The average molecular weight is 266 g/mol. The molecule has 3 heteroatoms. The third-order valence-electron chi connectivity index (χ3n) is 2.74. The summed E-state index contributed by atoms with van der Waals surface area (Å²) in [5.41, 5.74) is 2.70. The molecule has 0 saturated carbocycles. The Morgan fingerprint density at radius 2 is 1.76 bits per heavy atom. The fourth-order valence-electron chi connectivity index (χ4n) is 1.66. The summed E-state index contributed by atoms with van der Waals surface area (Å²) in [5.74, 6) is 0. The third-order valence-corrected chi connectivity index (χ3v) is 4.12. The van der Waals surface area contributed by atoms with Crippen LogP contribution >= 0.6 is 22.9 Å². The van der Waals surface area contributed by atoms with Crippen molar-refractivity contribution in [2.24, 2.45) is 0 Å². The van der Waals surface area contributed by atoms with E-state index in [0.29, 0.717) is 0 Å². The molecule has 0 aliphatic carbocycles. The van der Waals surface area contributed by atoms with Gasteiger partial charge in [0.05, 0.1) is 5.02 Å². The molecule has 0 saturated heterocycles. The molecule has 1 heterocycles. The standard InChI is InChI=1S/C14H16ClNS/c1-2-11-3-5-12(6-4-11)9-16-10-14-13(15)7-8-17-14/h3-8,16H,2,9-10H2,1H3. The molecule has 0 radical (unpaired) electrons. The number of aryl methyl sites for hydroxylation is 1. The first-order chi connectivity index (χ1) is 8.29. The molecule has 0 spiro atoms. The lowest BCUT2D eigenvalue weighted by molar-refractivity contribution is 0.701. The number of rotatable bonds is 5. The van der Waals surface area contributed by atoms with E-state index in [-0.39, 0.29) is 0 Å². The molecule has 0 bridgehead atoms. The molecule has 2 rings (SSSR count). The Bertz CT molecular complexity index is 461. The molecule has 2 aromatic rings. The highest BCUT2D eigenvalue weighted by Gasteiger charge is 2.00. The second kappa shape index (κ2) is 6.20. The van der Waals surface area contributed by atoms with Gasteiger partial charge in [0.15, 0.2) is 0 Å². The quantitative estimate of drug-likeness (QED) is 0.852. The van der Waals surface area contributed by atoms with E-state index in [2.05, 4.69) is 36.5 Å². The molecule has 1 N–H and O–H groups in total. The van der Waals surface area contributed by atoms with E-state index in [9.17, 15) is 0 Å². The molecule has 1 nitrogen and oxygen atoms in total. The van der Waals surface area contributed by atoms with E-state index < -0.39 is 0 Å². The summed E-state index contributed by atoms with van der Waals surface area (Å²) in [6.45, 7) is 3.90. The molecule has 17 heavy (non-hydrogen) atoms. The van der Waals surface area contributed by atoms with E-state index in [1.54, 1.807) is 11.3 Å². The minimum absolute atomic E-state index is 0.839. The highest BCUT2D eigenvalue weighted by atomic mass is 35.5. The zero-order valence-electron chi connectivity index (χ0n) is 9.87. The second-order valence-corrected chi connectivity index (χ2v) is 5.37. The lowest BCUT2D eigenvalue weighted by Gasteiger charge is -2.05. The Balaban J connectivity index is 1.83. The van der Waals surface area contributed by atoms with Crippen molar-refractivity contribution < 1.29 is 0 Å². The van der Waals surface area contributed by atoms with Crippen LogP contribution in [0.3, 0.4) is 0 Å². The summed E-state index contributed by atoms with van der Waals surface area (Å²) in [6.07, 6.45) is 1.10. The van der Waals surface area contributed by atoms with E-state index in [4.69, 9.17) is 11.6 Å². The molecule has 0 atom stereocenters. The molecule has 1 aromatic heterocycles. The summed E-state index contributed by atoms with van der Waals surface area (Å²) >= 11 is 7.73. The van der Waals surface area contributed by atoms with Gasteiger partial charge >= 0.3 is 0 Å². The van der Waals surface area contributed by atoms with Crippen LogP contribution in [0.15, 0.2) is 35.7 Å². The smallest absolute Gasteiger partial charge is 0.0558 e. The van der Waals surface area contributed by atoms with Gasteiger partial charge in [-0.2, -0.15) is 0 Å². The van der Waals surface area contributed by atoms with E-state index in [0.717, 1.165) is 24.5 Å². The van der Waals surface area contributed by atoms with Gasteiger partial charge in [-0.25, -0.2) is 0 Å². The van der Waals surface area contributed by atoms with Crippen LogP contribution < -0.4 is 5.32 Å². The van der Waals surface area contributed by atoms with Crippen molar-refractivity contribution in [1.29, 1.82) is 0 Å². The topological polar surface area (TPSA) is 12.0 Å². The molecule has 0 fully saturated rings. The Morgan fingerprint density at radius 3 is 2.35 bits per heavy atom. The number of benzene rings is 1. The number of halogens is 1. The molecular weight excluding hydrogens is 250 g/mol. The number of thiophene rings is 1. The van der Waals surface area contributed by atoms with Gasteiger partial charge < -0.3 is 5.32 Å². The van der Waals surface area contributed by atoms with Crippen molar-refractivity contribution in [2.75, 3.05) is 0 Å². The first kappa shape index (κ1) is 12.6. The molecular formula is C14H16ClNS. The normalized spacial score (nSPS) is 10.7. The molecule has 0 amide bonds. The van der Waals surface area contributed by atoms with Gasteiger partial charge in [-0.05, 0) is 29.0 Å². The van der Waals surface area contributed by atoms with Crippen LogP contribution in [0, 0.1) is 0 Å². The largest absolute Gasteiger partial charge is 0.308 e. The van der Waals surface area contributed by atoms with Crippen LogP contribution in [0.2, 0.25) is 5.02 Å². The predicted molar refractivity (Wildman–Crippen MR) is 75.7 cm³/mol. The van der Waals surface area contributed by atoms with Crippen molar-refractivity contribution in [3.05, 3.63) is 56.7 Å². The summed E-state index contributed by atoms with van der Waals surface area (Å²) < 4.78 is 0. The van der Waals surface area contributed by atoms with E-state index in [1.807, 2.05) is 11.4 Å². The molecule has 90 valence electrons. The maximum absolute atomic E-state index is 6.03. The van der Waals surface area contributed by atoms with Gasteiger partial charge in [0, 0.05) is 18.0 Å². The zero-order valence-corrected chi connectivity index (χ0v) is 11.4. The summed E-state index contributed by atoms with van der Waals surface area (Å²) in [7, 11) is 0. The van der Waals surface area contributed by atoms with Crippen LogP contribution in [0.5, 0.6) is 0 Å². The second-order valence-electron chi connectivity index (χ2n) is 3.97. The molecule has 0 unspecified atom stereocenters.